The minimum absolute atomic E-state index is 0.0175. The van der Waals surface area contributed by atoms with Crippen molar-refractivity contribution in [1.29, 1.82) is 0 Å². The second-order valence-electron chi connectivity index (χ2n) is 7.44. The van der Waals surface area contributed by atoms with Gasteiger partial charge >= 0.3 is 12.1 Å². The van der Waals surface area contributed by atoms with Gasteiger partial charge in [0, 0.05) is 35.7 Å². The van der Waals surface area contributed by atoms with Crippen molar-refractivity contribution in [3.8, 4) is 0 Å². The summed E-state index contributed by atoms with van der Waals surface area (Å²) in [7, 11) is 0. The van der Waals surface area contributed by atoms with Crippen LogP contribution in [0.25, 0.3) is 0 Å². The van der Waals surface area contributed by atoms with Gasteiger partial charge < -0.3 is 15.5 Å². The van der Waals surface area contributed by atoms with Crippen LogP contribution in [0.1, 0.15) is 12.0 Å². The molecule has 2 N–H and O–H groups in total. The van der Waals surface area contributed by atoms with E-state index in [0.29, 0.717) is 36.6 Å². The third-order valence-electron chi connectivity index (χ3n) is 5.13. The van der Waals surface area contributed by atoms with Crippen LogP contribution >= 0.6 is 0 Å². The van der Waals surface area contributed by atoms with Crippen molar-refractivity contribution in [2.45, 2.75) is 13.0 Å². The van der Waals surface area contributed by atoms with E-state index in [1.807, 2.05) is 18.2 Å². The summed E-state index contributed by atoms with van der Waals surface area (Å²) in [6.07, 6.45) is 0.675. The summed E-state index contributed by atoms with van der Waals surface area (Å²) in [5, 5.41) is 5.49. The van der Waals surface area contributed by atoms with Crippen LogP contribution in [0.4, 0.5) is 35.4 Å². The SMILES string of the molecule is O=C(Nc1ccccc1)Nc1cccc(N2CCCN(Cc3cc(F)ccc3F)C2=O)c1. The Morgan fingerprint density at radius 1 is 0.875 bits per heavy atom. The summed E-state index contributed by atoms with van der Waals surface area (Å²) < 4.78 is 27.5. The Hall–Kier alpha value is -3.94. The Morgan fingerprint density at radius 2 is 1.62 bits per heavy atom. The highest BCUT2D eigenvalue weighted by atomic mass is 19.1. The van der Waals surface area contributed by atoms with E-state index in [2.05, 4.69) is 10.6 Å². The summed E-state index contributed by atoms with van der Waals surface area (Å²) in [5.41, 5.74) is 1.93. The molecule has 8 heteroatoms. The Bertz CT molecular complexity index is 1120. The molecule has 1 aliphatic rings. The maximum absolute atomic E-state index is 14.0. The van der Waals surface area contributed by atoms with Crippen LogP contribution in [0.2, 0.25) is 0 Å². The lowest BCUT2D eigenvalue weighted by Crippen LogP contribution is -2.49. The second-order valence-corrected chi connectivity index (χ2v) is 7.44. The lowest BCUT2D eigenvalue weighted by molar-refractivity contribution is 0.191. The first-order valence-corrected chi connectivity index (χ1v) is 10.2. The van der Waals surface area contributed by atoms with Gasteiger partial charge in [0.2, 0.25) is 0 Å². The van der Waals surface area contributed by atoms with E-state index >= 15 is 0 Å². The van der Waals surface area contributed by atoms with Crippen molar-refractivity contribution >= 4 is 29.1 Å². The molecular formula is C24H22F2N4O2. The number of carbonyl (C=O) groups excluding carboxylic acids is 2. The predicted molar refractivity (Wildman–Crippen MR) is 120 cm³/mol. The Morgan fingerprint density at radius 3 is 2.44 bits per heavy atom. The number of anilines is 3. The predicted octanol–water partition coefficient (Wildman–Crippen LogP) is 5.44. The standard InChI is InChI=1S/C24H22F2N4O2/c25-18-10-11-22(26)17(14-18)16-29-12-5-13-30(24(29)32)21-9-4-8-20(15-21)28-23(31)27-19-6-2-1-3-7-19/h1-4,6-11,14-15H,5,12-13,16H2,(H2,27,28,31). The Kier molecular flexibility index (Phi) is 6.30. The van der Waals surface area contributed by atoms with Crippen LogP contribution < -0.4 is 15.5 Å². The number of amides is 4. The lowest BCUT2D eigenvalue weighted by Gasteiger charge is -2.36. The number of rotatable bonds is 5. The molecule has 1 heterocycles. The third-order valence-corrected chi connectivity index (χ3v) is 5.13. The lowest BCUT2D eigenvalue weighted by atomic mass is 10.1. The summed E-state index contributed by atoms with van der Waals surface area (Å²) in [6.45, 7) is 0.916. The van der Waals surface area contributed by atoms with E-state index < -0.39 is 17.7 Å². The van der Waals surface area contributed by atoms with Gasteiger partial charge in [-0.25, -0.2) is 18.4 Å². The summed E-state index contributed by atoms with van der Waals surface area (Å²) >= 11 is 0. The molecule has 0 aromatic heterocycles. The first-order valence-electron chi connectivity index (χ1n) is 10.2. The van der Waals surface area contributed by atoms with Gasteiger partial charge in [0.1, 0.15) is 11.6 Å². The highest BCUT2D eigenvalue weighted by Gasteiger charge is 2.27. The summed E-state index contributed by atoms with van der Waals surface area (Å²) in [5.74, 6) is -1.10. The van der Waals surface area contributed by atoms with Crippen molar-refractivity contribution in [2.24, 2.45) is 0 Å². The van der Waals surface area contributed by atoms with Gasteiger partial charge in [0.25, 0.3) is 0 Å². The van der Waals surface area contributed by atoms with Crippen LogP contribution in [-0.2, 0) is 6.54 Å². The molecule has 4 amide bonds. The fourth-order valence-corrected chi connectivity index (χ4v) is 3.60. The number of benzene rings is 3. The van der Waals surface area contributed by atoms with Crippen LogP contribution in [0, 0.1) is 11.6 Å². The van der Waals surface area contributed by atoms with E-state index in [0.717, 1.165) is 18.2 Å². The molecule has 1 aliphatic heterocycles. The molecule has 0 spiro atoms. The number of para-hydroxylation sites is 1. The largest absolute Gasteiger partial charge is 0.324 e. The summed E-state index contributed by atoms with van der Waals surface area (Å²) in [6, 6.07) is 18.5. The molecule has 3 aromatic carbocycles. The molecule has 6 nitrogen and oxygen atoms in total. The smallest absolute Gasteiger partial charge is 0.320 e. The van der Waals surface area contributed by atoms with Gasteiger partial charge in [-0.2, -0.15) is 0 Å². The van der Waals surface area contributed by atoms with Gasteiger partial charge in [-0.1, -0.05) is 24.3 Å². The van der Waals surface area contributed by atoms with E-state index in [4.69, 9.17) is 0 Å². The molecule has 0 atom stereocenters. The first kappa shape index (κ1) is 21.3. The fraction of sp³-hybridized carbons (Fsp3) is 0.167. The molecular weight excluding hydrogens is 414 g/mol. The quantitative estimate of drug-likeness (QED) is 0.559. The molecule has 164 valence electrons. The first-order chi connectivity index (χ1) is 15.5. The molecule has 3 aromatic rings. The third kappa shape index (κ3) is 5.03. The highest BCUT2D eigenvalue weighted by molar-refractivity contribution is 6.00. The topological polar surface area (TPSA) is 64.7 Å². The van der Waals surface area contributed by atoms with Gasteiger partial charge in [-0.15, -0.1) is 0 Å². The highest BCUT2D eigenvalue weighted by Crippen LogP contribution is 2.25. The molecule has 0 saturated carbocycles. The Labute approximate surface area is 184 Å². The number of nitrogens with one attached hydrogen (secondary N) is 2. The summed E-state index contributed by atoms with van der Waals surface area (Å²) in [4.78, 5) is 28.4. The van der Waals surface area contributed by atoms with Crippen LogP contribution in [0.3, 0.4) is 0 Å². The molecule has 1 fully saturated rings. The second kappa shape index (κ2) is 9.47. The maximum atomic E-state index is 14.0. The molecule has 0 radical (unpaired) electrons. The maximum Gasteiger partial charge on any atom is 0.324 e. The minimum Gasteiger partial charge on any atom is -0.320 e. The van der Waals surface area contributed by atoms with E-state index in [1.54, 1.807) is 41.3 Å². The van der Waals surface area contributed by atoms with E-state index in [1.165, 1.54) is 4.90 Å². The van der Waals surface area contributed by atoms with Crippen molar-refractivity contribution in [3.63, 3.8) is 0 Å². The number of hydrogen-bond donors (Lipinski definition) is 2. The Balaban J connectivity index is 1.45. The van der Waals surface area contributed by atoms with Crippen LogP contribution in [-0.4, -0.2) is 30.1 Å². The average molecular weight is 436 g/mol. The number of nitrogens with zero attached hydrogens (tertiary/aromatic N) is 2. The van der Waals surface area contributed by atoms with Crippen molar-refractivity contribution < 1.29 is 18.4 Å². The van der Waals surface area contributed by atoms with E-state index in [9.17, 15) is 18.4 Å². The molecule has 0 aliphatic carbocycles. The monoisotopic (exact) mass is 436 g/mol. The zero-order chi connectivity index (χ0) is 22.5. The molecule has 4 rings (SSSR count). The van der Waals surface area contributed by atoms with Crippen LogP contribution in [0.5, 0.6) is 0 Å². The zero-order valence-electron chi connectivity index (χ0n) is 17.2. The zero-order valence-corrected chi connectivity index (χ0v) is 17.2. The van der Waals surface area contributed by atoms with Crippen molar-refractivity contribution in [2.75, 3.05) is 28.6 Å². The van der Waals surface area contributed by atoms with Crippen molar-refractivity contribution in [1.82, 2.24) is 4.90 Å². The normalized spacial score (nSPS) is 13.8. The minimum atomic E-state index is -0.549. The fourth-order valence-electron chi connectivity index (χ4n) is 3.60. The average Bonchev–Trinajstić information content (AvgIpc) is 2.78. The molecule has 32 heavy (non-hydrogen) atoms. The number of hydrogen-bond acceptors (Lipinski definition) is 2. The van der Waals surface area contributed by atoms with E-state index in [-0.39, 0.29) is 18.1 Å². The van der Waals surface area contributed by atoms with Gasteiger partial charge in [-0.05, 0) is 55.0 Å². The molecule has 1 saturated heterocycles. The number of urea groups is 2. The van der Waals surface area contributed by atoms with Crippen LogP contribution in [0.15, 0.2) is 72.8 Å². The number of halogens is 2. The number of carbonyl (C=O) groups is 2. The van der Waals surface area contributed by atoms with Gasteiger partial charge in [0.05, 0.1) is 6.54 Å². The van der Waals surface area contributed by atoms with Gasteiger partial charge in [0.15, 0.2) is 0 Å². The molecule has 0 bridgehead atoms. The van der Waals surface area contributed by atoms with Gasteiger partial charge in [-0.3, -0.25) is 4.90 Å². The van der Waals surface area contributed by atoms with Crippen molar-refractivity contribution in [3.05, 3.63) is 90.0 Å². The molecule has 0 unspecified atom stereocenters.